The molecule has 16 heavy (non-hydrogen) atoms. The van der Waals surface area contributed by atoms with Crippen LogP contribution in [0.1, 0.15) is 27.2 Å². The summed E-state index contributed by atoms with van der Waals surface area (Å²) in [6.07, 6.45) is 0.987. The zero-order chi connectivity index (χ0) is 12.4. The molecule has 0 fully saturated rings. The number of aliphatic hydroxyl groups excluding tert-OH is 1. The van der Waals surface area contributed by atoms with Gasteiger partial charge >= 0.3 is 6.03 Å². The van der Waals surface area contributed by atoms with E-state index in [0.29, 0.717) is 19.1 Å². The van der Waals surface area contributed by atoms with Crippen LogP contribution in [-0.2, 0) is 4.74 Å². The van der Waals surface area contributed by atoms with Gasteiger partial charge in [-0.15, -0.1) is 0 Å². The smallest absolute Gasteiger partial charge is 0.314 e. The molecular formula is C11H24N2O3. The summed E-state index contributed by atoms with van der Waals surface area (Å²) >= 11 is 0. The molecule has 0 aliphatic rings. The van der Waals surface area contributed by atoms with E-state index in [0.717, 1.165) is 6.42 Å². The van der Waals surface area contributed by atoms with Crippen LogP contribution in [0.15, 0.2) is 0 Å². The maximum atomic E-state index is 11.1. The summed E-state index contributed by atoms with van der Waals surface area (Å²) in [5.74, 6) is 0.447. The number of hydrogen-bond acceptors (Lipinski definition) is 3. The van der Waals surface area contributed by atoms with Crippen LogP contribution in [0.2, 0.25) is 0 Å². The normalized spacial score (nSPS) is 12.6. The number of carbonyl (C=O) groups is 1. The van der Waals surface area contributed by atoms with E-state index in [1.807, 2.05) is 6.92 Å². The van der Waals surface area contributed by atoms with Gasteiger partial charge in [-0.05, 0) is 19.3 Å². The van der Waals surface area contributed by atoms with Crippen LogP contribution < -0.4 is 10.6 Å². The zero-order valence-electron chi connectivity index (χ0n) is 10.5. The zero-order valence-corrected chi connectivity index (χ0v) is 10.5. The average Bonchev–Trinajstić information content (AvgIpc) is 2.25. The predicted molar refractivity (Wildman–Crippen MR) is 63.4 cm³/mol. The van der Waals surface area contributed by atoms with Crippen molar-refractivity contribution in [1.82, 2.24) is 10.6 Å². The Morgan fingerprint density at radius 2 is 1.94 bits per heavy atom. The quantitative estimate of drug-likeness (QED) is 0.578. The second-order valence-corrected chi connectivity index (χ2v) is 3.93. The predicted octanol–water partition coefficient (Wildman–Crippen LogP) is 0.729. The first-order valence-electron chi connectivity index (χ1n) is 5.86. The van der Waals surface area contributed by atoms with E-state index in [2.05, 4.69) is 24.5 Å². The maximum Gasteiger partial charge on any atom is 0.314 e. The molecule has 1 unspecified atom stereocenters. The lowest BCUT2D eigenvalue weighted by Crippen LogP contribution is -2.38. The Morgan fingerprint density at radius 3 is 2.44 bits per heavy atom. The van der Waals surface area contributed by atoms with Gasteiger partial charge in [-0.3, -0.25) is 0 Å². The molecule has 0 aliphatic carbocycles. The third kappa shape index (κ3) is 7.48. The Balaban J connectivity index is 3.64. The monoisotopic (exact) mass is 232 g/mol. The summed E-state index contributed by atoms with van der Waals surface area (Å²) in [6, 6.07) is -0.243. The maximum absolute atomic E-state index is 11.1. The fraction of sp³-hybridized carbons (Fsp3) is 0.909. The van der Waals surface area contributed by atoms with Crippen molar-refractivity contribution in [3.63, 3.8) is 0 Å². The molecule has 5 nitrogen and oxygen atoms in total. The van der Waals surface area contributed by atoms with Gasteiger partial charge in [0, 0.05) is 19.7 Å². The Labute approximate surface area is 97.6 Å². The molecular weight excluding hydrogens is 208 g/mol. The molecule has 0 aliphatic heterocycles. The van der Waals surface area contributed by atoms with Crippen LogP contribution in [-0.4, -0.2) is 43.5 Å². The standard InChI is InChI=1S/C11H24N2O3/c1-4-16-10(9(2)3)5-6-12-11(15)13-7-8-14/h9-10,14H,4-8H2,1-3H3,(H2,12,13,15). The van der Waals surface area contributed by atoms with E-state index in [1.54, 1.807) is 0 Å². The highest BCUT2D eigenvalue weighted by Crippen LogP contribution is 2.09. The fourth-order valence-electron chi connectivity index (χ4n) is 1.38. The first kappa shape index (κ1) is 15.2. The van der Waals surface area contributed by atoms with Gasteiger partial charge in [0.2, 0.25) is 0 Å². The number of carbonyl (C=O) groups excluding carboxylic acids is 1. The molecule has 5 heteroatoms. The Hall–Kier alpha value is -0.810. The summed E-state index contributed by atoms with van der Waals surface area (Å²) in [6.45, 7) is 7.70. The van der Waals surface area contributed by atoms with Gasteiger partial charge in [0.25, 0.3) is 0 Å². The van der Waals surface area contributed by atoms with E-state index in [4.69, 9.17) is 9.84 Å². The molecule has 0 bridgehead atoms. The molecule has 0 saturated carbocycles. The lowest BCUT2D eigenvalue weighted by atomic mass is 10.0. The number of rotatable bonds is 8. The molecule has 0 aromatic rings. The van der Waals surface area contributed by atoms with Crippen molar-refractivity contribution >= 4 is 6.03 Å². The third-order valence-electron chi connectivity index (χ3n) is 2.24. The largest absolute Gasteiger partial charge is 0.395 e. The third-order valence-corrected chi connectivity index (χ3v) is 2.24. The Kier molecular flexibility index (Phi) is 8.94. The van der Waals surface area contributed by atoms with Gasteiger partial charge in [-0.2, -0.15) is 0 Å². The van der Waals surface area contributed by atoms with Crippen LogP contribution in [0.25, 0.3) is 0 Å². The molecule has 0 saturated heterocycles. The topological polar surface area (TPSA) is 70.6 Å². The second-order valence-electron chi connectivity index (χ2n) is 3.93. The fourth-order valence-corrected chi connectivity index (χ4v) is 1.38. The highest BCUT2D eigenvalue weighted by Gasteiger charge is 2.12. The van der Waals surface area contributed by atoms with Crippen molar-refractivity contribution < 1.29 is 14.6 Å². The first-order chi connectivity index (χ1) is 7.61. The van der Waals surface area contributed by atoms with Crippen LogP contribution in [0, 0.1) is 5.92 Å². The van der Waals surface area contributed by atoms with Gasteiger partial charge in [-0.25, -0.2) is 4.79 Å². The number of amides is 2. The summed E-state index contributed by atoms with van der Waals surface area (Å²) in [4.78, 5) is 11.1. The van der Waals surface area contributed by atoms with Crippen LogP contribution in [0.3, 0.4) is 0 Å². The van der Waals surface area contributed by atoms with Gasteiger partial charge in [0.15, 0.2) is 0 Å². The summed E-state index contributed by atoms with van der Waals surface area (Å²) < 4.78 is 5.55. The van der Waals surface area contributed by atoms with Crippen molar-refractivity contribution in [2.75, 3.05) is 26.3 Å². The van der Waals surface area contributed by atoms with Crippen LogP contribution >= 0.6 is 0 Å². The highest BCUT2D eigenvalue weighted by atomic mass is 16.5. The average molecular weight is 232 g/mol. The molecule has 0 aromatic heterocycles. The SMILES string of the molecule is CCOC(CCNC(=O)NCCO)C(C)C. The second kappa shape index (κ2) is 9.42. The first-order valence-corrected chi connectivity index (χ1v) is 5.86. The Bertz CT molecular complexity index is 186. The molecule has 96 valence electrons. The van der Waals surface area contributed by atoms with E-state index in [-0.39, 0.29) is 25.3 Å². The summed E-state index contributed by atoms with van der Waals surface area (Å²) in [5.41, 5.74) is 0. The lowest BCUT2D eigenvalue weighted by Gasteiger charge is -2.20. The Morgan fingerprint density at radius 1 is 1.31 bits per heavy atom. The lowest BCUT2D eigenvalue weighted by molar-refractivity contribution is 0.0255. The van der Waals surface area contributed by atoms with Gasteiger partial charge in [0.1, 0.15) is 0 Å². The van der Waals surface area contributed by atoms with Gasteiger partial charge < -0.3 is 20.5 Å². The number of nitrogens with one attached hydrogen (secondary N) is 2. The minimum atomic E-state index is -0.243. The van der Waals surface area contributed by atoms with Crippen molar-refractivity contribution in [3.8, 4) is 0 Å². The molecule has 0 aromatic carbocycles. The molecule has 3 N–H and O–H groups in total. The molecule has 0 rings (SSSR count). The molecule has 0 spiro atoms. The van der Waals surface area contributed by atoms with Crippen LogP contribution in [0.4, 0.5) is 4.79 Å². The van der Waals surface area contributed by atoms with Crippen molar-refractivity contribution in [2.45, 2.75) is 33.3 Å². The van der Waals surface area contributed by atoms with E-state index in [9.17, 15) is 4.79 Å². The van der Waals surface area contributed by atoms with E-state index >= 15 is 0 Å². The minimum Gasteiger partial charge on any atom is -0.395 e. The van der Waals surface area contributed by atoms with Crippen molar-refractivity contribution in [1.29, 1.82) is 0 Å². The molecule has 1 atom stereocenters. The number of urea groups is 1. The van der Waals surface area contributed by atoms with Gasteiger partial charge in [0.05, 0.1) is 12.7 Å². The van der Waals surface area contributed by atoms with E-state index in [1.165, 1.54) is 0 Å². The van der Waals surface area contributed by atoms with Crippen molar-refractivity contribution in [2.24, 2.45) is 5.92 Å². The van der Waals surface area contributed by atoms with Crippen molar-refractivity contribution in [3.05, 3.63) is 0 Å². The molecule has 0 radical (unpaired) electrons. The number of ether oxygens (including phenoxy) is 1. The van der Waals surface area contributed by atoms with Gasteiger partial charge in [-0.1, -0.05) is 13.8 Å². The van der Waals surface area contributed by atoms with Crippen LogP contribution in [0.5, 0.6) is 0 Å². The minimum absolute atomic E-state index is 0.0407. The number of hydrogen-bond donors (Lipinski definition) is 3. The number of aliphatic hydroxyl groups is 1. The summed E-state index contributed by atoms with van der Waals surface area (Å²) in [7, 11) is 0. The molecule has 0 heterocycles. The summed E-state index contributed by atoms with van der Waals surface area (Å²) in [5, 5.41) is 13.8. The van der Waals surface area contributed by atoms with E-state index < -0.39 is 0 Å². The molecule has 2 amide bonds. The highest BCUT2D eigenvalue weighted by molar-refractivity contribution is 5.73.